The Balaban J connectivity index is 1.74. The third kappa shape index (κ3) is 3.91. The number of para-hydroxylation sites is 1. The fourth-order valence-corrected chi connectivity index (χ4v) is 2.06. The summed E-state index contributed by atoms with van der Waals surface area (Å²) in [6, 6.07) is 16.8. The average Bonchev–Trinajstić information content (AvgIpc) is 2.58. The molecule has 1 aromatic heterocycles. The second-order valence-electron chi connectivity index (χ2n) is 4.91. The summed E-state index contributed by atoms with van der Waals surface area (Å²) in [7, 11) is 0. The number of carbonyl (C=O) groups is 1. The number of anilines is 3. The van der Waals surface area contributed by atoms with E-state index in [1.807, 2.05) is 30.3 Å². The number of hydrogen-bond donors (Lipinski definition) is 2. The minimum absolute atomic E-state index is 0.244. The first-order valence-electron chi connectivity index (χ1n) is 7.05. The average molecular weight is 307 g/mol. The van der Waals surface area contributed by atoms with Crippen molar-refractivity contribution in [2.75, 3.05) is 10.6 Å². The molecule has 1 heterocycles. The van der Waals surface area contributed by atoms with E-state index in [9.17, 15) is 9.18 Å². The quantitative estimate of drug-likeness (QED) is 0.759. The van der Waals surface area contributed by atoms with Gasteiger partial charge in [0.15, 0.2) is 0 Å². The van der Waals surface area contributed by atoms with E-state index in [0.29, 0.717) is 16.9 Å². The zero-order valence-electron chi connectivity index (χ0n) is 12.2. The van der Waals surface area contributed by atoms with Crippen molar-refractivity contribution in [2.45, 2.75) is 0 Å². The predicted octanol–water partition coefficient (Wildman–Crippen LogP) is 4.22. The zero-order chi connectivity index (χ0) is 16.1. The van der Waals surface area contributed by atoms with Crippen LogP contribution in [0.4, 0.5) is 21.5 Å². The first kappa shape index (κ1) is 14.7. The second-order valence-corrected chi connectivity index (χ2v) is 4.91. The van der Waals surface area contributed by atoms with Crippen molar-refractivity contribution in [2.24, 2.45) is 0 Å². The Morgan fingerprint density at radius 2 is 1.61 bits per heavy atom. The van der Waals surface area contributed by atoms with Crippen LogP contribution in [0.2, 0.25) is 0 Å². The zero-order valence-corrected chi connectivity index (χ0v) is 12.2. The van der Waals surface area contributed by atoms with Gasteiger partial charge >= 0.3 is 0 Å². The van der Waals surface area contributed by atoms with Crippen molar-refractivity contribution >= 4 is 23.0 Å². The summed E-state index contributed by atoms with van der Waals surface area (Å²) in [5, 5.41) is 5.88. The van der Waals surface area contributed by atoms with Gasteiger partial charge in [-0.1, -0.05) is 18.2 Å². The van der Waals surface area contributed by atoms with Crippen LogP contribution in [-0.4, -0.2) is 10.9 Å². The Bertz CT molecular complexity index is 804. The highest BCUT2D eigenvalue weighted by Gasteiger charge is 2.07. The molecule has 3 aromatic rings. The SMILES string of the molecule is O=C(Nc1ccccc1)c1cncc(Nc2ccc(F)cc2)c1. The number of carbonyl (C=O) groups excluding carboxylic acids is 1. The van der Waals surface area contributed by atoms with Gasteiger partial charge in [0.25, 0.3) is 5.91 Å². The maximum atomic E-state index is 12.9. The molecule has 23 heavy (non-hydrogen) atoms. The molecule has 0 radical (unpaired) electrons. The van der Waals surface area contributed by atoms with E-state index in [4.69, 9.17) is 0 Å². The van der Waals surface area contributed by atoms with Crippen molar-refractivity contribution in [1.29, 1.82) is 0 Å². The normalized spacial score (nSPS) is 10.1. The highest BCUT2D eigenvalue weighted by molar-refractivity contribution is 6.04. The summed E-state index contributed by atoms with van der Waals surface area (Å²) in [5.41, 5.74) is 2.52. The molecule has 0 spiro atoms. The Morgan fingerprint density at radius 3 is 2.35 bits per heavy atom. The third-order valence-corrected chi connectivity index (χ3v) is 3.16. The summed E-state index contributed by atoms with van der Waals surface area (Å²) < 4.78 is 12.9. The summed E-state index contributed by atoms with van der Waals surface area (Å²) in [6.45, 7) is 0. The molecule has 0 aliphatic heterocycles. The fraction of sp³-hybridized carbons (Fsp3) is 0. The molecule has 0 bridgehead atoms. The number of amides is 1. The lowest BCUT2D eigenvalue weighted by molar-refractivity contribution is 0.102. The van der Waals surface area contributed by atoms with Crippen molar-refractivity contribution < 1.29 is 9.18 Å². The Hall–Kier alpha value is -3.21. The van der Waals surface area contributed by atoms with Crippen LogP contribution in [0.3, 0.4) is 0 Å². The van der Waals surface area contributed by atoms with Crippen LogP contribution >= 0.6 is 0 Å². The molecule has 0 aliphatic carbocycles. The van der Waals surface area contributed by atoms with Crippen LogP contribution in [0.5, 0.6) is 0 Å². The largest absolute Gasteiger partial charge is 0.354 e. The molecule has 0 fully saturated rings. The van der Waals surface area contributed by atoms with E-state index in [2.05, 4.69) is 15.6 Å². The molecule has 0 saturated carbocycles. The van der Waals surface area contributed by atoms with Crippen LogP contribution < -0.4 is 10.6 Å². The molecule has 2 aromatic carbocycles. The number of halogens is 1. The molecule has 1 amide bonds. The van der Waals surface area contributed by atoms with Crippen molar-refractivity contribution in [1.82, 2.24) is 4.98 Å². The molecule has 5 heteroatoms. The van der Waals surface area contributed by atoms with Gasteiger partial charge in [0.1, 0.15) is 5.82 Å². The van der Waals surface area contributed by atoms with Gasteiger partial charge in [0, 0.05) is 17.6 Å². The Labute approximate surface area is 133 Å². The van der Waals surface area contributed by atoms with Gasteiger partial charge in [-0.2, -0.15) is 0 Å². The molecule has 114 valence electrons. The maximum absolute atomic E-state index is 12.9. The summed E-state index contributed by atoms with van der Waals surface area (Å²) in [4.78, 5) is 16.3. The first-order valence-corrected chi connectivity index (χ1v) is 7.05. The number of nitrogens with one attached hydrogen (secondary N) is 2. The van der Waals surface area contributed by atoms with Crippen LogP contribution in [0.15, 0.2) is 73.1 Å². The number of hydrogen-bond acceptors (Lipinski definition) is 3. The number of aromatic nitrogens is 1. The molecule has 2 N–H and O–H groups in total. The lowest BCUT2D eigenvalue weighted by Crippen LogP contribution is -2.12. The van der Waals surface area contributed by atoms with Crippen molar-refractivity contribution in [3.63, 3.8) is 0 Å². The molecular formula is C18H14FN3O. The topological polar surface area (TPSA) is 54.0 Å². The molecule has 3 rings (SSSR count). The molecule has 0 saturated heterocycles. The molecule has 0 aliphatic rings. The molecule has 0 unspecified atom stereocenters. The van der Waals surface area contributed by atoms with E-state index in [-0.39, 0.29) is 11.7 Å². The second kappa shape index (κ2) is 6.70. The van der Waals surface area contributed by atoms with Crippen LogP contribution in [0, 0.1) is 5.82 Å². The van der Waals surface area contributed by atoms with E-state index in [1.165, 1.54) is 18.3 Å². The molecule has 0 atom stereocenters. The van der Waals surface area contributed by atoms with E-state index >= 15 is 0 Å². The number of rotatable bonds is 4. The van der Waals surface area contributed by atoms with Gasteiger partial charge in [-0.25, -0.2) is 4.39 Å². The summed E-state index contributed by atoms with van der Waals surface area (Å²) in [6.07, 6.45) is 3.09. The minimum Gasteiger partial charge on any atom is -0.354 e. The monoisotopic (exact) mass is 307 g/mol. The van der Waals surface area contributed by atoms with Crippen molar-refractivity contribution in [3.05, 3.63) is 84.4 Å². The Kier molecular flexibility index (Phi) is 4.29. The Morgan fingerprint density at radius 1 is 0.870 bits per heavy atom. The van der Waals surface area contributed by atoms with Gasteiger partial charge in [-0.15, -0.1) is 0 Å². The maximum Gasteiger partial charge on any atom is 0.257 e. The first-order chi connectivity index (χ1) is 11.2. The van der Waals surface area contributed by atoms with E-state index in [1.54, 1.807) is 24.4 Å². The van der Waals surface area contributed by atoms with Crippen LogP contribution in [0.1, 0.15) is 10.4 Å². The highest BCUT2D eigenvalue weighted by atomic mass is 19.1. The summed E-state index contributed by atoms with van der Waals surface area (Å²) >= 11 is 0. The van der Waals surface area contributed by atoms with Gasteiger partial charge in [-0.05, 0) is 42.5 Å². The fourth-order valence-electron chi connectivity index (χ4n) is 2.06. The standard InChI is InChI=1S/C18H14FN3O/c19-14-6-8-16(9-7-14)21-17-10-13(11-20-12-17)18(23)22-15-4-2-1-3-5-15/h1-12,21H,(H,22,23). The highest BCUT2D eigenvalue weighted by Crippen LogP contribution is 2.17. The van der Waals surface area contributed by atoms with Gasteiger partial charge in [-0.3, -0.25) is 9.78 Å². The summed E-state index contributed by atoms with van der Waals surface area (Å²) in [5.74, 6) is -0.545. The third-order valence-electron chi connectivity index (χ3n) is 3.16. The predicted molar refractivity (Wildman–Crippen MR) is 88.3 cm³/mol. The van der Waals surface area contributed by atoms with Crippen LogP contribution in [-0.2, 0) is 0 Å². The van der Waals surface area contributed by atoms with Crippen molar-refractivity contribution in [3.8, 4) is 0 Å². The molecule has 4 nitrogen and oxygen atoms in total. The van der Waals surface area contributed by atoms with Gasteiger partial charge in [0.2, 0.25) is 0 Å². The lowest BCUT2D eigenvalue weighted by atomic mass is 10.2. The molecular weight excluding hydrogens is 293 g/mol. The van der Waals surface area contributed by atoms with Crippen LogP contribution in [0.25, 0.3) is 0 Å². The van der Waals surface area contributed by atoms with Gasteiger partial charge < -0.3 is 10.6 Å². The number of benzene rings is 2. The van der Waals surface area contributed by atoms with E-state index < -0.39 is 0 Å². The minimum atomic E-state index is -0.301. The lowest BCUT2D eigenvalue weighted by Gasteiger charge is -2.08. The number of pyridine rings is 1. The van der Waals surface area contributed by atoms with Gasteiger partial charge in [0.05, 0.1) is 17.4 Å². The van der Waals surface area contributed by atoms with E-state index in [0.717, 1.165) is 5.69 Å². The number of nitrogens with zero attached hydrogens (tertiary/aromatic N) is 1. The smallest absolute Gasteiger partial charge is 0.257 e.